The number of nitrogens with zero attached hydrogens (tertiary/aromatic N) is 1. The van der Waals surface area contributed by atoms with Gasteiger partial charge in [0.25, 0.3) is 0 Å². The van der Waals surface area contributed by atoms with Crippen LogP contribution in [0, 0.1) is 17.2 Å². The van der Waals surface area contributed by atoms with E-state index in [0.29, 0.717) is 0 Å². The Labute approximate surface area is 104 Å². The molecule has 1 aromatic rings. The molecule has 0 amide bonds. The Morgan fingerprint density at radius 3 is 2.28 bits per heavy atom. The predicted molar refractivity (Wildman–Crippen MR) is 61.1 cm³/mol. The summed E-state index contributed by atoms with van der Waals surface area (Å²) in [4.78, 5) is 0. The number of hydrogen-bond acceptors (Lipinski definition) is 2. The van der Waals surface area contributed by atoms with Crippen molar-refractivity contribution in [2.24, 2.45) is 5.92 Å². The van der Waals surface area contributed by atoms with E-state index in [-0.39, 0.29) is 17.8 Å². The van der Waals surface area contributed by atoms with Gasteiger partial charge in [-0.15, -0.1) is 0 Å². The molecule has 98 valence electrons. The average molecular weight is 257 g/mol. The summed E-state index contributed by atoms with van der Waals surface area (Å²) in [6.07, 6.45) is -4.65. The Morgan fingerprint density at radius 2 is 1.83 bits per heavy atom. The fourth-order valence-corrected chi connectivity index (χ4v) is 1.29. The molecule has 1 atom stereocenters. The fraction of sp³-hybridized carbons (Fsp3) is 0.462. The Kier molecular flexibility index (Phi) is 4.23. The second kappa shape index (κ2) is 5.30. The van der Waals surface area contributed by atoms with Crippen LogP contribution in [-0.2, 0) is 6.18 Å². The molecule has 2 nitrogen and oxygen atoms in total. The van der Waals surface area contributed by atoms with Crippen LogP contribution in [0.5, 0.6) is 5.75 Å². The molecule has 0 spiro atoms. The van der Waals surface area contributed by atoms with Gasteiger partial charge in [0, 0.05) is 0 Å². The van der Waals surface area contributed by atoms with Crippen LogP contribution in [0.3, 0.4) is 0 Å². The van der Waals surface area contributed by atoms with Gasteiger partial charge in [0.1, 0.15) is 5.75 Å². The molecular weight excluding hydrogens is 243 g/mol. The number of nitriles is 1. The van der Waals surface area contributed by atoms with Crippen molar-refractivity contribution in [3.05, 3.63) is 29.3 Å². The number of benzene rings is 1. The summed E-state index contributed by atoms with van der Waals surface area (Å²) in [5, 5.41) is 8.74. The smallest absolute Gasteiger partial charge is 0.417 e. The van der Waals surface area contributed by atoms with Crippen LogP contribution in [0.2, 0.25) is 0 Å². The highest BCUT2D eigenvalue weighted by atomic mass is 19.4. The third-order valence-electron chi connectivity index (χ3n) is 2.68. The van der Waals surface area contributed by atoms with E-state index in [4.69, 9.17) is 10.00 Å². The van der Waals surface area contributed by atoms with Gasteiger partial charge in [-0.2, -0.15) is 18.4 Å². The molecule has 0 radical (unpaired) electrons. The molecule has 0 aliphatic heterocycles. The number of ether oxygens (including phenoxy) is 1. The lowest BCUT2D eigenvalue weighted by atomic mass is 10.1. The summed E-state index contributed by atoms with van der Waals surface area (Å²) in [6.45, 7) is 5.72. The number of alkyl halides is 3. The highest BCUT2D eigenvalue weighted by molar-refractivity contribution is 5.44. The van der Waals surface area contributed by atoms with Crippen LogP contribution in [0.1, 0.15) is 31.9 Å². The lowest BCUT2D eigenvalue weighted by Crippen LogP contribution is -2.19. The monoisotopic (exact) mass is 257 g/mol. The number of hydrogen-bond donors (Lipinski definition) is 0. The van der Waals surface area contributed by atoms with Crippen molar-refractivity contribution in [1.29, 1.82) is 5.26 Å². The molecule has 1 unspecified atom stereocenters. The van der Waals surface area contributed by atoms with Crippen molar-refractivity contribution >= 4 is 0 Å². The first-order valence-electron chi connectivity index (χ1n) is 5.53. The normalized spacial score (nSPS) is 13.2. The van der Waals surface area contributed by atoms with Crippen LogP contribution in [0.25, 0.3) is 0 Å². The average Bonchev–Trinajstić information content (AvgIpc) is 2.27. The van der Waals surface area contributed by atoms with Crippen LogP contribution in [-0.4, -0.2) is 6.10 Å². The van der Waals surface area contributed by atoms with Gasteiger partial charge in [0.2, 0.25) is 0 Å². The third kappa shape index (κ3) is 3.39. The van der Waals surface area contributed by atoms with Gasteiger partial charge in [0.15, 0.2) is 0 Å². The van der Waals surface area contributed by atoms with Crippen LogP contribution >= 0.6 is 0 Å². The zero-order chi connectivity index (χ0) is 13.9. The first kappa shape index (κ1) is 14.4. The van der Waals surface area contributed by atoms with Gasteiger partial charge in [-0.05, 0) is 31.0 Å². The molecule has 0 aliphatic rings. The maximum absolute atomic E-state index is 12.6. The molecule has 5 heteroatoms. The molecule has 18 heavy (non-hydrogen) atoms. The fourth-order valence-electron chi connectivity index (χ4n) is 1.29. The Morgan fingerprint density at radius 1 is 1.22 bits per heavy atom. The summed E-state index contributed by atoms with van der Waals surface area (Å²) in [5.41, 5.74) is -1.36. The van der Waals surface area contributed by atoms with E-state index < -0.39 is 17.3 Å². The van der Waals surface area contributed by atoms with Gasteiger partial charge in [-0.3, -0.25) is 0 Å². The molecular formula is C13H14F3NO. The lowest BCUT2D eigenvalue weighted by Gasteiger charge is -2.19. The minimum Gasteiger partial charge on any atom is -0.490 e. The zero-order valence-corrected chi connectivity index (χ0v) is 10.4. The van der Waals surface area contributed by atoms with E-state index >= 15 is 0 Å². The minimum absolute atomic E-state index is 0.131. The van der Waals surface area contributed by atoms with Crippen molar-refractivity contribution < 1.29 is 17.9 Å². The molecule has 1 rings (SSSR count). The minimum atomic E-state index is -4.52. The van der Waals surface area contributed by atoms with Crippen molar-refractivity contribution in [3.8, 4) is 11.8 Å². The SMILES string of the molecule is CC(C)C(C)Oc1ccc(C(F)(F)F)c(C#N)c1. The Hall–Kier alpha value is -1.70. The second-order valence-corrected chi connectivity index (χ2v) is 4.38. The largest absolute Gasteiger partial charge is 0.490 e. The van der Waals surface area contributed by atoms with Gasteiger partial charge in [-0.1, -0.05) is 13.8 Å². The molecule has 0 heterocycles. The van der Waals surface area contributed by atoms with Gasteiger partial charge < -0.3 is 4.74 Å². The van der Waals surface area contributed by atoms with E-state index in [9.17, 15) is 13.2 Å². The third-order valence-corrected chi connectivity index (χ3v) is 2.68. The highest BCUT2D eigenvalue weighted by Crippen LogP contribution is 2.33. The second-order valence-electron chi connectivity index (χ2n) is 4.38. The summed E-state index contributed by atoms with van der Waals surface area (Å²) in [6, 6.07) is 4.79. The van der Waals surface area contributed by atoms with Gasteiger partial charge >= 0.3 is 6.18 Å². The lowest BCUT2D eigenvalue weighted by molar-refractivity contribution is -0.137. The first-order chi connectivity index (χ1) is 8.25. The van der Waals surface area contributed by atoms with Crippen LogP contribution in [0.4, 0.5) is 13.2 Å². The quantitative estimate of drug-likeness (QED) is 0.819. The summed E-state index contributed by atoms with van der Waals surface area (Å²) < 4.78 is 43.2. The molecule has 0 N–H and O–H groups in total. The standard InChI is InChI=1S/C13H14F3NO/c1-8(2)9(3)18-11-4-5-12(13(14,15)16)10(6-11)7-17/h4-6,8-9H,1-3H3. The van der Waals surface area contributed by atoms with Crippen molar-refractivity contribution in [3.63, 3.8) is 0 Å². The molecule has 0 fully saturated rings. The summed E-state index contributed by atoms with van der Waals surface area (Å²) >= 11 is 0. The van der Waals surface area contributed by atoms with E-state index in [1.54, 1.807) is 6.07 Å². The highest BCUT2D eigenvalue weighted by Gasteiger charge is 2.33. The molecule has 0 saturated carbocycles. The first-order valence-corrected chi connectivity index (χ1v) is 5.53. The molecule has 0 aliphatic carbocycles. The molecule has 0 saturated heterocycles. The van der Waals surface area contributed by atoms with Gasteiger partial charge in [-0.25, -0.2) is 0 Å². The molecule has 1 aromatic carbocycles. The van der Waals surface area contributed by atoms with E-state index in [0.717, 1.165) is 12.1 Å². The van der Waals surface area contributed by atoms with Crippen LogP contribution in [0.15, 0.2) is 18.2 Å². The topological polar surface area (TPSA) is 33.0 Å². The van der Waals surface area contributed by atoms with Crippen molar-refractivity contribution in [2.75, 3.05) is 0 Å². The summed E-state index contributed by atoms with van der Waals surface area (Å²) in [7, 11) is 0. The zero-order valence-electron chi connectivity index (χ0n) is 10.4. The Bertz CT molecular complexity index is 460. The van der Waals surface area contributed by atoms with E-state index in [1.807, 2.05) is 20.8 Å². The maximum Gasteiger partial charge on any atom is 0.417 e. The predicted octanol–water partition coefficient (Wildman–Crippen LogP) is 4.00. The number of halogens is 3. The van der Waals surface area contributed by atoms with E-state index in [1.165, 1.54) is 6.07 Å². The maximum atomic E-state index is 12.6. The Balaban J connectivity index is 3.04. The van der Waals surface area contributed by atoms with E-state index in [2.05, 4.69) is 0 Å². The number of rotatable bonds is 3. The van der Waals surface area contributed by atoms with Crippen molar-refractivity contribution in [2.45, 2.75) is 33.1 Å². The molecule has 0 aromatic heterocycles. The van der Waals surface area contributed by atoms with Gasteiger partial charge in [0.05, 0.1) is 23.3 Å². The van der Waals surface area contributed by atoms with Crippen molar-refractivity contribution in [1.82, 2.24) is 0 Å². The van der Waals surface area contributed by atoms with Crippen LogP contribution < -0.4 is 4.74 Å². The summed E-state index contributed by atoms with van der Waals surface area (Å²) in [5.74, 6) is 0.513. The molecule has 0 bridgehead atoms.